The average molecular weight is 924 g/mol. The fourth-order valence-electron chi connectivity index (χ4n) is 7.98. The van der Waals surface area contributed by atoms with Gasteiger partial charge in [-0.3, -0.25) is 14.4 Å². The molecular formula is C60H106O6. The van der Waals surface area contributed by atoms with Crippen molar-refractivity contribution in [2.75, 3.05) is 13.2 Å². The van der Waals surface area contributed by atoms with E-state index in [1.165, 1.54) is 161 Å². The van der Waals surface area contributed by atoms with E-state index in [1.54, 1.807) is 0 Å². The Morgan fingerprint density at radius 3 is 0.985 bits per heavy atom. The minimum Gasteiger partial charge on any atom is -0.462 e. The maximum absolute atomic E-state index is 12.8. The predicted molar refractivity (Wildman–Crippen MR) is 284 cm³/mol. The molecule has 1 unspecified atom stereocenters. The van der Waals surface area contributed by atoms with Crippen LogP contribution >= 0.6 is 0 Å². The number of unbranched alkanes of at least 4 members (excludes halogenated alkanes) is 31. The number of carbonyl (C=O) groups is 3. The third-order valence-corrected chi connectivity index (χ3v) is 12.3. The first kappa shape index (κ1) is 63.1. The minimum absolute atomic E-state index is 0.0970. The van der Waals surface area contributed by atoms with Crippen LogP contribution < -0.4 is 0 Å². The van der Waals surface area contributed by atoms with Crippen LogP contribution in [0.5, 0.6) is 0 Å². The Hall–Kier alpha value is -2.89. The first-order valence-electron chi connectivity index (χ1n) is 28.3. The van der Waals surface area contributed by atoms with Gasteiger partial charge >= 0.3 is 17.9 Å². The lowest BCUT2D eigenvalue weighted by Gasteiger charge is -2.18. The van der Waals surface area contributed by atoms with Crippen LogP contribution in [0.3, 0.4) is 0 Å². The molecule has 6 heteroatoms. The molecule has 0 N–H and O–H groups in total. The summed E-state index contributed by atoms with van der Waals surface area (Å²) in [6, 6.07) is 0. The van der Waals surface area contributed by atoms with Gasteiger partial charge in [0.15, 0.2) is 6.10 Å². The molecule has 0 aromatic carbocycles. The van der Waals surface area contributed by atoms with E-state index in [2.05, 4.69) is 81.5 Å². The van der Waals surface area contributed by atoms with Crippen LogP contribution in [-0.2, 0) is 28.6 Å². The topological polar surface area (TPSA) is 78.9 Å². The van der Waals surface area contributed by atoms with Gasteiger partial charge < -0.3 is 14.2 Å². The SMILES string of the molecule is CCCCCCCC/C=C\C/C=C\C/C=C\CCCC(=O)OC(COC(=O)CCCCCCC/C=C\C=C/CCCCCCCCC)COC(=O)CCCCCCCCCCCCCCC. The minimum atomic E-state index is -0.805. The summed E-state index contributed by atoms with van der Waals surface area (Å²) in [5.74, 6) is -0.956. The van der Waals surface area contributed by atoms with E-state index in [1.807, 2.05) is 0 Å². The van der Waals surface area contributed by atoms with E-state index in [0.29, 0.717) is 19.3 Å². The lowest BCUT2D eigenvalue weighted by atomic mass is 10.0. The van der Waals surface area contributed by atoms with Crippen molar-refractivity contribution in [3.05, 3.63) is 60.8 Å². The number of allylic oxidation sites excluding steroid dienone is 10. The third-order valence-electron chi connectivity index (χ3n) is 12.3. The van der Waals surface area contributed by atoms with Crippen molar-refractivity contribution in [2.24, 2.45) is 0 Å². The lowest BCUT2D eigenvalue weighted by Crippen LogP contribution is -2.30. The lowest BCUT2D eigenvalue weighted by molar-refractivity contribution is -0.167. The number of hydrogen-bond acceptors (Lipinski definition) is 6. The summed E-state index contributed by atoms with van der Waals surface area (Å²) in [5.41, 5.74) is 0. The van der Waals surface area contributed by atoms with Crippen LogP contribution in [0.25, 0.3) is 0 Å². The van der Waals surface area contributed by atoms with Gasteiger partial charge in [-0.25, -0.2) is 0 Å². The van der Waals surface area contributed by atoms with Crippen molar-refractivity contribution in [2.45, 2.75) is 290 Å². The van der Waals surface area contributed by atoms with E-state index in [0.717, 1.165) is 77.0 Å². The molecule has 0 radical (unpaired) electrons. The van der Waals surface area contributed by atoms with E-state index < -0.39 is 6.10 Å². The Bertz CT molecular complexity index is 1200. The summed E-state index contributed by atoms with van der Waals surface area (Å²) in [6.07, 6.45) is 67.8. The van der Waals surface area contributed by atoms with Gasteiger partial charge in [-0.15, -0.1) is 0 Å². The molecule has 382 valence electrons. The fraction of sp³-hybridized carbons (Fsp3) is 0.783. The molecule has 0 fully saturated rings. The molecule has 0 aliphatic heterocycles. The molecule has 0 saturated heterocycles. The summed E-state index contributed by atoms with van der Waals surface area (Å²) >= 11 is 0. The summed E-state index contributed by atoms with van der Waals surface area (Å²) in [5, 5.41) is 0. The first-order valence-corrected chi connectivity index (χ1v) is 28.3. The molecule has 0 spiro atoms. The molecule has 0 heterocycles. The maximum Gasteiger partial charge on any atom is 0.306 e. The second-order valence-electron chi connectivity index (χ2n) is 18.9. The van der Waals surface area contributed by atoms with E-state index in [9.17, 15) is 14.4 Å². The number of esters is 3. The van der Waals surface area contributed by atoms with Crippen molar-refractivity contribution in [1.29, 1.82) is 0 Å². The molecule has 0 aliphatic carbocycles. The van der Waals surface area contributed by atoms with E-state index >= 15 is 0 Å². The summed E-state index contributed by atoms with van der Waals surface area (Å²) in [6.45, 7) is 6.59. The average Bonchev–Trinajstić information content (AvgIpc) is 3.31. The third kappa shape index (κ3) is 52.1. The Labute approximate surface area is 409 Å². The van der Waals surface area contributed by atoms with Crippen molar-refractivity contribution in [3.8, 4) is 0 Å². The van der Waals surface area contributed by atoms with Gasteiger partial charge in [0.25, 0.3) is 0 Å². The standard InChI is InChI=1S/C60H106O6/c1-4-7-10-13-16-19-22-25-27-29-31-32-35-38-41-44-47-50-53-59(62)65-56-57(55-64-58(61)52-49-46-43-40-37-34-24-21-18-15-12-9-6-3)66-60(63)54-51-48-45-42-39-36-33-30-28-26-23-20-17-14-11-8-5-2/h26-29,31-33,36,42,45,57H,4-25,30,34-35,37-41,43-44,46-56H2,1-3H3/b28-26-,29-27-,32-31-,36-33-,45-42-. The monoisotopic (exact) mass is 923 g/mol. The maximum atomic E-state index is 12.8. The largest absolute Gasteiger partial charge is 0.462 e. The van der Waals surface area contributed by atoms with Crippen molar-refractivity contribution >= 4 is 17.9 Å². The highest BCUT2D eigenvalue weighted by atomic mass is 16.6. The molecule has 1 atom stereocenters. The van der Waals surface area contributed by atoms with Gasteiger partial charge in [0, 0.05) is 19.3 Å². The predicted octanol–water partition coefficient (Wildman–Crippen LogP) is 18.8. The van der Waals surface area contributed by atoms with Crippen LogP contribution in [0.2, 0.25) is 0 Å². The zero-order valence-electron chi connectivity index (χ0n) is 43.7. The summed E-state index contributed by atoms with van der Waals surface area (Å²) < 4.78 is 16.8. The number of ether oxygens (including phenoxy) is 3. The highest BCUT2D eigenvalue weighted by Crippen LogP contribution is 2.15. The van der Waals surface area contributed by atoms with E-state index in [-0.39, 0.29) is 37.5 Å². The van der Waals surface area contributed by atoms with Crippen molar-refractivity contribution in [1.82, 2.24) is 0 Å². The van der Waals surface area contributed by atoms with Gasteiger partial charge in [-0.05, 0) is 77.0 Å². The zero-order valence-corrected chi connectivity index (χ0v) is 43.7. The van der Waals surface area contributed by atoms with Crippen LogP contribution in [0.1, 0.15) is 284 Å². The Morgan fingerprint density at radius 2 is 0.606 bits per heavy atom. The normalized spacial score (nSPS) is 12.5. The Balaban J connectivity index is 4.46. The van der Waals surface area contributed by atoms with Crippen LogP contribution in [-0.4, -0.2) is 37.2 Å². The molecule has 6 nitrogen and oxygen atoms in total. The molecule has 0 saturated carbocycles. The highest BCUT2D eigenvalue weighted by molar-refractivity contribution is 5.71. The van der Waals surface area contributed by atoms with Gasteiger partial charge in [-0.2, -0.15) is 0 Å². The molecule has 66 heavy (non-hydrogen) atoms. The van der Waals surface area contributed by atoms with Crippen LogP contribution in [0, 0.1) is 0 Å². The molecule has 0 aliphatic rings. The van der Waals surface area contributed by atoms with Gasteiger partial charge in [0.1, 0.15) is 13.2 Å². The molecule has 0 aromatic heterocycles. The first-order chi connectivity index (χ1) is 32.5. The summed E-state index contributed by atoms with van der Waals surface area (Å²) in [7, 11) is 0. The van der Waals surface area contributed by atoms with Gasteiger partial charge in [0.2, 0.25) is 0 Å². The molecule has 0 bridgehead atoms. The molecule has 0 amide bonds. The van der Waals surface area contributed by atoms with Crippen LogP contribution in [0.15, 0.2) is 60.8 Å². The van der Waals surface area contributed by atoms with Gasteiger partial charge in [-0.1, -0.05) is 248 Å². The molecule has 0 rings (SSSR count). The summed E-state index contributed by atoms with van der Waals surface area (Å²) in [4.78, 5) is 38.1. The molecular weight excluding hydrogens is 817 g/mol. The van der Waals surface area contributed by atoms with Crippen molar-refractivity contribution < 1.29 is 28.6 Å². The number of hydrogen-bond donors (Lipinski definition) is 0. The highest BCUT2D eigenvalue weighted by Gasteiger charge is 2.19. The van der Waals surface area contributed by atoms with Gasteiger partial charge in [0.05, 0.1) is 0 Å². The Morgan fingerprint density at radius 1 is 0.318 bits per heavy atom. The quantitative estimate of drug-likeness (QED) is 0.0199. The van der Waals surface area contributed by atoms with Crippen LogP contribution in [0.4, 0.5) is 0 Å². The zero-order chi connectivity index (χ0) is 47.9. The number of carbonyl (C=O) groups excluding carboxylic acids is 3. The molecule has 0 aromatic rings. The second-order valence-corrected chi connectivity index (χ2v) is 18.9. The fourth-order valence-corrected chi connectivity index (χ4v) is 7.98. The van der Waals surface area contributed by atoms with E-state index in [4.69, 9.17) is 14.2 Å². The Kier molecular flexibility index (Phi) is 52.3. The second kappa shape index (κ2) is 54.7. The smallest absolute Gasteiger partial charge is 0.306 e. The number of rotatable bonds is 51. The van der Waals surface area contributed by atoms with Crippen molar-refractivity contribution in [3.63, 3.8) is 0 Å².